The van der Waals surface area contributed by atoms with Crippen molar-refractivity contribution in [1.29, 1.82) is 0 Å². The Kier molecular flexibility index (Phi) is 5.24. The van der Waals surface area contributed by atoms with Crippen molar-refractivity contribution in [2.24, 2.45) is 17.8 Å². The zero-order chi connectivity index (χ0) is 24.2. The molecule has 180 valence electrons. The first-order valence-corrected chi connectivity index (χ1v) is 13.2. The molecule has 2 aliphatic rings. The second-order valence-electron chi connectivity index (χ2n) is 9.36. The lowest BCUT2D eigenvalue weighted by Gasteiger charge is -2.19. The maximum absolute atomic E-state index is 14.6. The summed E-state index contributed by atoms with van der Waals surface area (Å²) < 4.78 is 53.9. The second kappa shape index (κ2) is 8.33. The Morgan fingerprint density at radius 1 is 1.06 bits per heavy atom. The number of benzene rings is 1. The number of rotatable bonds is 7. The lowest BCUT2D eigenvalue weighted by atomic mass is 10.0. The van der Waals surface area contributed by atoms with Gasteiger partial charge in [0.1, 0.15) is 11.5 Å². The van der Waals surface area contributed by atoms with E-state index in [1.54, 1.807) is 0 Å². The van der Waals surface area contributed by atoms with E-state index in [9.17, 15) is 17.2 Å². The van der Waals surface area contributed by atoms with E-state index in [2.05, 4.69) is 30.5 Å². The van der Waals surface area contributed by atoms with E-state index in [-0.39, 0.29) is 41.0 Å². The number of fused-ring (bicyclic) bond motifs is 2. The van der Waals surface area contributed by atoms with Crippen LogP contribution in [0.15, 0.2) is 48.8 Å². The predicted octanol–water partition coefficient (Wildman–Crippen LogP) is 3.74. The number of nitrogens with one attached hydrogen (secondary N) is 2. The fraction of sp³-hybridized carbons (Fsp3) is 0.333. The Balaban J connectivity index is 1.18. The largest absolute Gasteiger partial charge is 0.364 e. The molecule has 2 N–H and O–H groups in total. The molecule has 0 spiro atoms. The molecule has 1 unspecified atom stereocenters. The van der Waals surface area contributed by atoms with Crippen LogP contribution < -0.4 is 5.32 Å². The molecule has 0 amide bonds. The minimum atomic E-state index is -3.26. The van der Waals surface area contributed by atoms with Gasteiger partial charge in [0.25, 0.3) is 0 Å². The van der Waals surface area contributed by atoms with E-state index in [1.807, 2.05) is 30.3 Å². The summed E-state index contributed by atoms with van der Waals surface area (Å²) in [7, 11) is -3.26. The molecule has 35 heavy (non-hydrogen) atoms. The molecule has 3 heterocycles. The molecule has 1 aromatic carbocycles. The molecule has 2 saturated carbocycles. The standard InChI is InChI=1S/C24H22F2N6O2S/c25-15-7-18-21(31-32-22(18)27-9-15)24-28-10-19(26)23(30-24)29-20-6-14(16-8-17(16)20)12-35(33,34)11-13-4-2-1-3-5-13/h1-5,7,9-10,14,16-17,20H,6,8,11-12H2,(H,27,31,32)(H,28,29,30)/t14-,16+,17?,20-/m1/s1. The van der Waals surface area contributed by atoms with E-state index >= 15 is 0 Å². The highest BCUT2D eigenvalue weighted by molar-refractivity contribution is 7.90. The predicted molar refractivity (Wildman–Crippen MR) is 126 cm³/mol. The molecule has 4 atom stereocenters. The van der Waals surface area contributed by atoms with Crippen molar-refractivity contribution >= 4 is 26.7 Å². The molecule has 2 aliphatic carbocycles. The molecule has 3 aromatic heterocycles. The van der Waals surface area contributed by atoms with Crippen LogP contribution in [0.25, 0.3) is 22.6 Å². The molecule has 0 radical (unpaired) electrons. The highest BCUT2D eigenvalue weighted by atomic mass is 32.2. The van der Waals surface area contributed by atoms with Crippen molar-refractivity contribution in [3.63, 3.8) is 0 Å². The Morgan fingerprint density at radius 2 is 1.89 bits per heavy atom. The van der Waals surface area contributed by atoms with Crippen LogP contribution in [0.3, 0.4) is 0 Å². The molecule has 4 aromatic rings. The van der Waals surface area contributed by atoms with Crippen molar-refractivity contribution < 1.29 is 17.2 Å². The number of aromatic amines is 1. The van der Waals surface area contributed by atoms with Gasteiger partial charge in [-0.3, -0.25) is 5.10 Å². The number of sulfone groups is 1. The molecule has 0 bridgehead atoms. The average molecular weight is 497 g/mol. The van der Waals surface area contributed by atoms with Crippen LogP contribution in [0.1, 0.15) is 18.4 Å². The van der Waals surface area contributed by atoms with Crippen LogP contribution in [0.2, 0.25) is 0 Å². The topological polar surface area (TPSA) is 114 Å². The van der Waals surface area contributed by atoms with Crippen molar-refractivity contribution in [2.75, 3.05) is 11.1 Å². The van der Waals surface area contributed by atoms with Gasteiger partial charge in [0.2, 0.25) is 0 Å². The van der Waals surface area contributed by atoms with Gasteiger partial charge in [-0.05, 0) is 42.2 Å². The lowest BCUT2D eigenvalue weighted by molar-refractivity contribution is 0.500. The molecule has 6 rings (SSSR count). The number of halogens is 2. The van der Waals surface area contributed by atoms with Gasteiger partial charge in [0, 0.05) is 6.04 Å². The van der Waals surface area contributed by atoms with Gasteiger partial charge >= 0.3 is 0 Å². The minimum Gasteiger partial charge on any atom is -0.364 e. The molecule has 0 saturated heterocycles. The normalized spacial score (nSPS) is 23.4. The van der Waals surface area contributed by atoms with Crippen molar-refractivity contribution in [1.82, 2.24) is 25.1 Å². The fourth-order valence-corrected chi connectivity index (χ4v) is 7.15. The first-order valence-electron chi connectivity index (χ1n) is 11.4. The van der Waals surface area contributed by atoms with E-state index in [0.29, 0.717) is 29.1 Å². The molecule has 2 fully saturated rings. The number of pyridine rings is 1. The van der Waals surface area contributed by atoms with Crippen LogP contribution in [0.5, 0.6) is 0 Å². The van der Waals surface area contributed by atoms with Gasteiger partial charge in [-0.1, -0.05) is 30.3 Å². The first kappa shape index (κ1) is 22.0. The fourth-order valence-electron chi connectivity index (χ4n) is 5.30. The summed E-state index contributed by atoms with van der Waals surface area (Å²) in [6, 6.07) is 10.4. The summed E-state index contributed by atoms with van der Waals surface area (Å²) in [5, 5.41) is 10.4. The van der Waals surface area contributed by atoms with E-state index in [0.717, 1.165) is 24.4 Å². The molecule has 11 heteroatoms. The van der Waals surface area contributed by atoms with Gasteiger partial charge in [0.05, 0.1) is 29.3 Å². The first-order chi connectivity index (χ1) is 16.9. The lowest BCUT2D eigenvalue weighted by Crippen LogP contribution is -2.24. The zero-order valence-corrected chi connectivity index (χ0v) is 19.3. The summed E-state index contributed by atoms with van der Waals surface area (Å²) in [6.07, 6.45) is 3.67. The van der Waals surface area contributed by atoms with Crippen molar-refractivity contribution in [3.8, 4) is 11.5 Å². The number of hydrogen-bond acceptors (Lipinski definition) is 7. The number of hydrogen-bond donors (Lipinski definition) is 2. The van der Waals surface area contributed by atoms with Crippen LogP contribution >= 0.6 is 0 Å². The summed E-state index contributed by atoms with van der Waals surface area (Å²) >= 11 is 0. The summed E-state index contributed by atoms with van der Waals surface area (Å²) in [5.74, 6) is -0.167. The quantitative estimate of drug-likeness (QED) is 0.401. The molecule has 0 aliphatic heterocycles. The minimum absolute atomic E-state index is 0.0251. The molecular weight excluding hydrogens is 474 g/mol. The third kappa shape index (κ3) is 4.36. The number of H-pyrrole nitrogens is 1. The van der Waals surface area contributed by atoms with Crippen molar-refractivity contribution in [2.45, 2.75) is 24.6 Å². The maximum atomic E-state index is 14.6. The average Bonchev–Trinajstić information content (AvgIpc) is 3.42. The van der Waals surface area contributed by atoms with Gasteiger partial charge < -0.3 is 5.32 Å². The second-order valence-corrected chi connectivity index (χ2v) is 11.5. The monoisotopic (exact) mass is 496 g/mol. The van der Waals surface area contributed by atoms with E-state index in [4.69, 9.17) is 0 Å². The Bertz CT molecular complexity index is 1510. The van der Waals surface area contributed by atoms with Crippen molar-refractivity contribution in [3.05, 3.63) is 66.0 Å². The summed E-state index contributed by atoms with van der Waals surface area (Å²) in [5.41, 5.74) is 1.43. The number of anilines is 1. The summed E-state index contributed by atoms with van der Waals surface area (Å²) in [6.45, 7) is 0. The summed E-state index contributed by atoms with van der Waals surface area (Å²) in [4.78, 5) is 12.3. The third-order valence-corrected chi connectivity index (χ3v) is 8.64. The Morgan fingerprint density at radius 3 is 2.71 bits per heavy atom. The van der Waals surface area contributed by atoms with E-state index in [1.165, 1.54) is 6.07 Å². The SMILES string of the molecule is O=S(=O)(Cc1ccccc1)C[C@H]1C[C@@H](Nc2nc(-c3[nH]nc4ncc(F)cc34)ncc2F)C2C[C@H]21. The number of nitrogens with zero attached hydrogens (tertiary/aromatic N) is 4. The smallest absolute Gasteiger partial charge is 0.183 e. The Labute approximate surface area is 200 Å². The van der Waals surface area contributed by atoms with Gasteiger partial charge in [-0.2, -0.15) is 5.10 Å². The van der Waals surface area contributed by atoms with Gasteiger partial charge in [-0.15, -0.1) is 0 Å². The van der Waals surface area contributed by atoms with Crippen LogP contribution in [0.4, 0.5) is 14.6 Å². The third-order valence-electron chi connectivity index (χ3n) is 6.93. The highest BCUT2D eigenvalue weighted by Crippen LogP contribution is 2.56. The van der Waals surface area contributed by atoms with Gasteiger partial charge in [0.15, 0.2) is 32.9 Å². The van der Waals surface area contributed by atoms with Crippen LogP contribution in [-0.4, -0.2) is 45.4 Å². The van der Waals surface area contributed by atoms with Crippen LogP contribution in [-0.2, 0) is 15.6 Å². The molecule has 8 nitrogen and oxygen atoms in total. The van der Waals surface area contributed by atoms with Crippen LogP contribution in [0, 0.1) is 29.4 Å². The maximum Gasteiger partial charge on any atom is 0.183 e. The number of aromatic nitrogens is 5. The molecular formula is C24H22F2N6O2S. The van der Waals surface area contributed by atoms with E-state index < -0.39 is 21.5 Å². The highest BCUT2D eigenvalue weighted by Gasteiger charge is 2.55. The Hall–Kier alpha value is -3.47. The zero-order valence-electron chi connectivity index (χ0n) is 18.5. The van der Waals surface area contributed by atoms with Gasteiger partial charge in [-0.25, -0.2) is 32.2 Å².